The lowest BCUT2D eigenvalue weighted by atomic mass is 9.46. The lowest BCUT2D eigenvalue weighted by molar-refractivity contribution is -0.124. The van der Waals surface area contributed by atoms with Crippen LogP contribution in [0.5, 0.6) is 0 Å². The zero-order chi connectivity index (χ0) is 33.7. The third-order valence-electron chi connectivity index (χ3n) is 14.4. The maximum atomic E-state index is 13.4. The van der Waals surface area contributed by atoms with Gasteiger partial charge in [0, 0.05) is 12.3 Å². The van der Waals surface area contributed by atoms with Crippen LogP contribution in [0.4, 0.5) is 0 Å². The van der Waals surface area contributed by atoms with Crippen LogP contribution in [-0.4, -0.2) is 5.78 Å². The van der Waals surface area contributed by atoms with E-state index in [0.29, 0.717) is 22.5 Å². The first-order chi connectivity index (χ1) is 22.7. The number of fused-ring (bicyclic) bond motifs is 5. The number of rotatable bonds is 21. The predicted molar refractivity (Wildman–Crippen MR) is 206 cm³/mol. The van der Waals surface area contributed by atoms with Gasteiger partial charge in [-0.2, -0.15) is 0 Å². The van der Waals surface area contributed by atoms with Crippen molar-refractivity contribution in [3.8, 4) is 0 Å². The van der Waals surface area contributed by atoms with Crippen molar-refractivity contribution >= 4 is 5.78 Å². The molecular weight excluding hydrogens is 569 g/mol. The first kappa shape index (κ1) is 38.7. The molecule has 3 unspecified atom stereocenters. The van der Waals surface area contributed by atoms with Crippen LogP contribution in [0.1, 0.15) is 196 Å². The lowest BCUT2D eigenvalue weighted by Gasteiger charge is -2.58. The molecule has 47 heavy (non-hydrogen) atoms. The highest BCUT2D eigenvalue weighted by atomic mass is 16.1. The van der Waals surface area contributed by atoms with Gasteiger partial charge in [0.1, 0.15) is 5.78 Å². The molecule has 0 radical (unpaired) electrons. The molecule has 3 saturated carbocycles. The smallest absolute Gasteiger partial charge is 0.136 e. The summed E-state index contributed by atoms with van der Waals surface area (Å²) in [5.74, 6) is 6.23. The highest BCUT2D eigenvalue weighted by Crippen LogP contribution is 2.67. The largest absolute Gasteiger partial charge is 0.299 e. The first-order valence-corrected chi connectivity index (χ1v) is 21.2. The number of ketones is 1. The van der Waals surface area contributed by atoms with Crippen molar-refractivity contribution in [1.29, 1.82) is 0 Å². The topological polar surface area (TPSA) is 17.1 Å². The third-order valence-corrected chi connectivity index (χ3v) is 14.4. The molecule has 0 aromatic heterocycles. The fraction of sp³-hybridized carbons (Fsp3) is 0.848. The molecule has 268 valence electrons. The van der Waals surface area contributed by atoms with Crippen molar-refractivity contribution in [1.82, 2.24) is 0 Å². The zero-order valence-electron chi connectivity index (χ0n) is 32.3. The summed E-state index contributed by atoms with van der Waals surface area (Å²) in [5.41, 5.74) is 2.62. The van der Waals surface area contributed by atoms with E-state index in [2.05, 4.69) is 71.9 Å². The molecule has 1 nitrogen and oxygen atoms in total. The van der Waals surface area contributed by atoms with E-state index in [1.807, 2.05) is 0 Å². The summed E-state index contributed by atoms with van der Waals surface area (Å²) in [6.45, 7) is 15.0. The second-order valence-electron chi connectivity index (χ2n) is 18.0. The summed E-state index contributed by atoms with van der Waals surface area (Å²) in [5, 5.41) is 0. The molecule has 8 atom stereocenters. The SMILES string of the molecule is CCCCCC=CCC=CCCCCCCCCC(=O)[C@H]1CC[C@@]2(C)C(=CCC3C2CC[C@@]2(C)C3CC[C@@H]2[C@H](C)CCCC(C)C)C1. The number of allylic oxidation sites excluding steroid dienone is 6. The Hall–Kier alpha value is -1.11. The normalized spacial score (nSPS) is 32.8. The van der Waals surface area contributed by atoms with Gasteiger partial charge in [-0.05, 0) is 136 Å². The number of hydrogen-bond acceptors (Lipinski definition) is 1. The van der Waals surface area contributed by atoms with Crippen LogP contribution >= 0.6 is 0 Å². The molecule has 0 bridgehead atoms. The molecule has 0 heterocycles. The minimum atomic E-state index is 0.306. The van der Waals surface area contributed by atoms with Crippen LogP contribution in [-0.2, 0) is 4.79 Å². The number of hydrogen-bond donors (Lipinski definition) is 0. The molecule has 0 aromatic carbocycles. The Morgan fingerprint density at radius 1 is 0.787 bits per heavy atom. The fourth-order valence-electron chi connectivity index (χ4n) is 11.5. The van der Waals surface area contributed by atoms with E-state index in [0.717, 1.165) is 67.6 Å². The number of unbranched alkanes of at least 4 members (excludes halogenated alkanes) is 9. The summed E-state index contributed by atoms with van der Waals surface area (Å²) in [6, 6.07) is 0. The average Bonchev–Trinajstić information content (AvgIpc) is 3.41. The van der Waals surface area contributed by atoms with Crippen molar-refractivity contribution in [2.75, 3.05) is 0 Å². The van der Waals surface area contributed by atoms with Crippen LogP contribution in [0.2, 0.25) is 0 Å². The van der Waals surface area contributed by atoms with Crippen LogP contribution in [0.25, 0.3) is 0 Å². The van der Waals surface area contributed by atoms with Crippen LogP contribution in [0.3, 0.4) is 0 Å². The molecule has 3 fully saturated rings. The molecule has 0 N–H and O–H groups in total. The molecule has 0 amide bonds. The molecule has 0 saturated heterocycles. The van der Waals surface area contributed by atoms with Gasteiger partial charge in [-0.25, -0.2) is 0 Å². The molecule has 0 aromatic rings. The molecular formula is C46H78O. The van der Waals surface area contributed by atoms with Crippen molar-refractivity contribution in [2.45, 2.75) is 196 Å². The van der Waals surface area contributed by atoms with E-state index < -0.39 is 0 Å². The Labute approximate surface area is 293 Å². The van der Waals surface area contributed by atoms with Crippen molar-refractivity contribution in [2.24, 2.45) is 52.3 Å². The van der Waals surface area contributed by atoms with E-state index in [1.54, 1.807) is 5.57 Å². The second-order valence-corrected chi connectivity index (χ2v) is 18.0. The summed E-state index contributed by atoms with van der Waals surface area (Å²) in [7, 11) is 0. The van der Waals surface area contributed by atoms with E-state index >= 15 is 0 Å². The third kappa shape index (κ3) is 10.5. The number of Topliss-reactive ketones (excluding diaryl/α,β-unsaturated/α-hetero) is 1. The summed E-state index contributed by atoms with van der Waals surface area (Å²) in [6.07, 6.45) is 43.0. The van der Waals surface area contributed by atoms with E-state index in [1.165, 1.54) is 122 Å². The monoisotopic (exact) mass is 647 g/mol. The summed E-state index contributed by atoms with van der Waals surface area (Å²) >= 11 is 0. The van der Waals surface area contributed by atoms with Crippen molar-refractivity contribution in [3.63, 3.8) is 0 Å². The van der Waals surface area contributed by atoms with E-state index in [4.69, 9.17) is 0 Å². The van der Waals surface area contributed by atoms with Crippen molar-refractivity contribution < 1.29 is 4.79 Å². The summed E-state index contributed by atoms with van der Waals surface area (Å²) in [4.78, 5) is 13.4. The number of carbonyl (C=O) groups excluding carboxylic acids is 1. The van der Waals surface area contributed by atoms with Gasteiger partial charge in [0.05, 0.1) is 0 Å². The Bertz CT molecular complexity index is 1010. The maximum absolute atomic E-state index is 13.4. The molecule has 4 aliphatic carbocycles. The quantitative estimate of drug-likeness (QED) is 0.0896. The highest BCUT2D eigenvalue weighted by Gasteiger charge is 2.59. The minimum Gasteiger partial charge on any atom is -0.299 e. The van der Waals surface area contributed by atoms with Gasteiger partial charge in [-0.3, -0.25) is 4.79 Å². The summed E-state index contributed by atoms with van der Waals surface area (Å²) < 4.78 is 0. The van der Waals surface area contributed by atoms with Gasteiger partial charge in [0.25, 0.3) is 0 Å². The fourth-order valence-corrected chi connectivity index (χ4v) is 11.5. The average molecular weight is 647 g/mol. The van der Waals surface area contributed by atoms with Gasteiger partial charge >= 0.3 is 0 Å². The first-order valence-electron chi connectivity index (χ1n) is 21.2. The molecule has 4 rings (SSSR count). The lowest BCUT2D eigenvalue weighted by Crippen LogP contribution is -2.50. The van der Waals surface area contributed by atoms with Crippen LogP contribution in [0.15, 0.2) is 36.0 Å². The maximum Gasteiger partial charge on any atom is 0.136 e. The van der Waals surface area contributed by atoms with Gasteiger partial charge < -0.3 is 0 Å². The van der Waals surface area contributed by atoms with E-state index in [9.17, 15) is 4.79 Å². The van der Waals surface area contributed by atoms with Gasteiger partial charge in [-0.1, -0.05) is 135 Å². The highest BCUT2D eigenvalue weighted by molar-refractivity contribution is 5.81. The Balaban J connectivity index is 1.13. The zero-order valence-corrected chi connectivity index (χ0v) is 32.3. The molecule has 4 aliphatic rings. The minimum absolute atomic E-state index is 0.306. The van der Waals surface area contributed by atoms with E-state index in [-0.39, 0.29) is 0 Å². The molecule has 0 spiro atoms. The molecule has 1 heteroatoms. The number of carbonyl (C=O) groups is 1. The Kier molecular flexibility index (Phi) is 15.9. The van der Waals surface area contributed by atoms with Crippen molar-refractivity contribution in [3.05, 3.63) is 36.0 Å². The molecule has 0 aliphatic heterocycles. The Morgan fingerprint density at radius 2 is 1.49 bits per heavy atom. The standard InChI is InChI=1S/C46H78O/c1-7-8-9-10-11-12-13-14-15-16-17-18-19-20-21-22-26-44(47)38-31-33-45(5)39(35-38)27-28-40-42-30-29-41(37(4)25-23-24-36(2)3)46(42,6)34-32-43(40)45/h11-12,14-15,27,36-38,40-43H,7-10,13,16-26,28-35H2,1-6H3/t37-,38+,40?,41-,42?,43?,45+,46-/m1/s1. The van der Waals surface area contributed by atoms with Gasteiger partial charge in [-0.15, -0.1) is 0 Å². The van der Waals surface area contributed by atoms with Gasteiger partial charge in [0.15, 0.2) is 0 Å². The predicted octanol–water partition coefficient (Wildman–Crippen LogP) is 14.4. The second kappa shape index (κ2) is 19.3. The van der Waals surface area contributed by atoms with Gasteiger partial charge in [0.2, 0.25) is 0 Å². The van der Waals surface area contributed by atoms with Crippen LogP contribution < -0.4 is 0 Å². The van der Waals surface area contributed by atoms with Crippen LogP contribution in [0, 0.1) is 52.3 Å². The Morgan fingerprint density at radius 3 is 2.21 bits per heavy atom.